The van der Waals surface area contributed by atoms with E-state index in [9.17, 15) is 0 Å². The maximum atomic E-state index is 5.08. The number of hydrogen-bond donors (Lipinski definition) is 0. The van der Waals surface area contributed by atoms with Gasteiger partial charge in [-0.15, -0.1) is 0 Å². The Hall–Kier alpha value is -7.16. The van der Waals surface area contributed by atoms with Crippen LogP contribution in [0.3, 0.4) is 0 Å². The number of fused-ring (bicyclic) bond motifs is 10. The Morgan fingerprint density at radius 1 is 0.255 bits per heavy atom. The molecule has 2 aliphatic carbocycles. The standard InChI is InChI=1S/C53H34N2/c1-3-14-37(15-4-1)50-34-51(38-16-5-2-6-17-38)55-52(54-50)41-19-13-18-39(32-41)35-26-28-36(29-27-35)40-30-31-45-44-22-9-12-25-48(44)53(49(45)33-40)46-23-10-7-20-42(46)43-21-8-11-24-47(43)53/h1-34H. The minimum absolute atomic E-state index is 0.351. The second-order valence-electron chi connectivity index (χ2n) is 14.5. The third-order valence-corrected chi connectivity index (χ3v) is 11.5. The molecule has 0 saturated carbocycles. The molecule has 0 atom stereocenters. The van der Waals surface area contributed by atoms with Crippen molar-refractivity contribution < 1.29 is 0 Å². The van der Waals surface area contributed by atoms with E-state index in [0.717, 1.165) is 39.2 Å². The van der Waals surface area contributed by atoms with Crippen molar-refractivity contribution >= 4 is 0 Å². The predicted molar refractivity (Wildman–Crippen MR) is 226 cm³/mol. The third-order valence-electron chi connectivity index (χ3n) is 11.5. The lowest BCUT2D eigenvalue weighted by Crippen LogP contribution is -2.25. The van der Waals surface area contributed by atoms with Crippen molar-refractivity contribution in [1.29, 1.82) is 0 Å². The van der Waals surface area contributed by atoms with Gasteiger partial charge in [-0.1, -0.05) is 188 Å². The molecular weight excluding hydrogens is 665 g/mol. The van der Waals surface area contributed by atoms with Crippen LogP contribution in [0.1, 0.15) is 22.3 Å². The van der Waals surface area contributed by atoms with Crippen LogP contribution in [0.5, 0.6) is 0 Å². The average Bonchev–Trinajstić information content (AvgIpc) is 3.74. The molecule has 1 heterocycles. The lowest BCUT2D eigenvalue weighted by molar-refractivity contribution is 0.794. The number of aromatic nitrogens is 2. The summed E-state index contributed by atoms with van der Waals surface area (Å²) in [7, 11) is 0. The van der Waals surface area contributed by atoms with Gasteiger partial charge in [0.25, 0.3) is 0 Å². The van der Waals surface area contributed by atoms with Gasteiger partial charge in [-0.2, -0.15) is 0 Å². The van der Waals surface area contributed by atoms with E-state index in [1.165, 1.54) is 55.6 Å². The fraction of sp³-hybridized carbons (Fsp3) is 0.0189. The Kier molecular flexibility index (Phi) is 7.11. The third kappa shape index (κ3) is 4.89. The van der Waals surface area contributed by atoms with Gasteiger partial charge in [0.15, 0.2) is 5.82 Å². The Morgan fingerprint density at radius 3 is 1.18 bits per heavy atom. The van der Waals surface area contributed by atoms with Crippen LogP contribution in [0.15, 0.2) is 206 Å². The number of benzene rings is 8. The first-order chi connectivity index (χ1) is 27.3. The summed E-state index contributed by atoms with van der Waals surface area (Å²) in [6, 6.07) is 74.4. The quantitative estimate of drug-likeness (QED) is 0.179. The minimum Gasteiger partial charge on any atom is -0.228 e. The summed E-state index contributed by atoms with van der Waals surface area (Å²) in [5, 5.41) is 0. The van der Waals surface area contributed by atoms with Gasteiger partial charge in [0.05, 0.1) is 16.8 Å². The van der Waals surface area contributed by atoms with Gasteiger partial charge in [-0.25, -0.2) is 9.97 Å². The molecule has 9 aromatic rings. The van der Waals surface area contributed by atoms with Crippen LogP contribution in [0.2, 0.25) is 0 Å². The normalized spacial score (nSPS) is 12.9. The summed E-state index contributed by atoms with van der Waals surface area (Å²) in [5.41, 5.74) is 20.0. The molecule has 256 valence electrons. The van der Waals surface area contributed by atoms with Crippen LogP contribution in [0.4, 0.5) is 0 Å². The van der Waals surface area contributed by atoms with Gasteiger partial charge in [0.1, 0.15) is 0 Å². The largest absolute Gasteiger partial charge is 0.228 e. The Morgan fingerprint density at radius 2 is 0.655 bits per heavy atom. The van der Waals surface area contributed by atoms with E-state index >= 15 is 0 Å². The zero-order chi connectivity index (χ0) is 36.3. The number of rotatable bonds is 5. The smallest absolute Gasteiger partial charge is 0.160 e. The first-order valence-corrected chi connectivity index (χ1v) is 18.9. The molecule has 0 amide bonds. The van der Waals surface area contributed by atoms with E-state index in [-0.39, 0.29) is 5.41 Å². The highest BCUT2D eigenvalue weighted by molar-refractivity contribution is 5.96. The van der Waals surface area contributed by atoms with Crippen molar-refractivity contribution in [2.45, 2.75) is 5.41 Å². The van der Waals surface area contributed by atoms with Crippen LogP contribution in [-0.4, -0.2) is 9.97 Å². The van der Waals surface area contributed by atoms with Gasteiger partial charge in [0.2, 0.25) is 0 Å². The Balaban J connectivity index is 0.982. The fourth-order valence-corrected chi connectivity index (χ4v) is 9.06. The van der Waals surface area contributed by atoms with Gasteiger partial charge >= 0.3 is 0 Å². The van der Waals surface area contributed by atoms with Crippen molar-refractivity contribution in [2.24, 2.45) is 0 Å². The summed E-state index contributed by atoms with van der Waals surface area (Å²) >= 11 is 0. The molecular formula is C53H34N2. The van der Waals surface area contributed by atoms with E-state index in [1.54, 1.807) is 0 Å². The molecule has 11 rings (SSSR count). The van der Waals surface area contributed by atoms with Gasteiger partial charge in [-0.3, -0.25) is 0 Å². The lowest BCUT2D eigenvalue weighted by Gasteiger charge is -2.30. The van der Waals surface area contributed by atoms with Crippen LogP contribution in [0, 0.1) is 0 Å². The highest BCUT2D eigenvalue weighted by Crippen LogP contribution is 2.63. The second kappa shape index (κ2) is 12.5. The van der Waals surface area contributed by atoms with Crippen molar-refractivity contribution in [3.8, 4) is 78.4 Å². The molecule has 8 aromatic carbocycles. The van der Waals surface area contributed by atoms with Crippen molar-refractivity contribution in [2.75, 3.05) is 0 Å². The maximum Gasteiger partial charge on any atom is 0.160 e. The van der Waals surface area contributed by atoms with Crippen LogP contribution < -0.4 is 0 Å². The molecule has 2 aliphatic rings. The van der Waals surface area contributed by atoms with E-state index in [4.69, 9.17) is 9.97 Å². The van der Waals surface area contributed by atoms with Crippen molar-refractivity contribution in [3.05, 3.63) is 229 Å². The van der Waals surface area contributed by atoms with E-state index in [0.29, 0.717) is 5.82 Å². The molecule has 0 unspecified atom stereocenters. The van der Waals surface area contributed by atoms with Crippen LogP contribution in [-0.2, 0) is 5.41 Å². The highest BCUT2D eigenvalue weighted by atomic mass is 14.9. The Bertz CT molecular complexity index is 2790. The monoisotopic (exact) mass is 698 g/mol. The molecule has 0 N–H and O–H groups in total. The predicted octanol–water partition coefficient (Wildman–Crippen LogP) is 13.2. The SMILES string of the molecule is c1ccc(-c2cc(-c3ccccc3)nc(-c3cccc(-c4ccc(-c5ccc6c(c5)C5(c7ccccc7-c7ccccc75)c5ccccc5-6)cc4)c3)n2)cc1. The fourth-order valence-electron chi connectivity index (χ4n) is 9.06. The molecule has 55 heavy (non-hydrogen) atoms. The van der Waals surface area contributed by atoms with E-state index < -0.39 is 0 Å². The van der Waals surface area contributed by atoms with E-state index in [1.807, 2.05) is 12.1 Å². The molecule has 2 nitrogen and oxygen atoms in total. The topological polar surface area (TPSA) is 25.8 Å². The maximum absolute atomic E-state index is 5.08. The second-order valence-corrected chi connectivity index (χ2v) is 14.5. The summed E-state index contributed by atoms with van der Waals surface area (Å²) in [6.45, 7) is 0. The van der Waals surface area contributed by atoms with Gasteiger partial charge in [0, 0.05) is 16.7 Å². The molecule has 0 fully saturated rings. The molecule has 2 heteroatoms. The minimum atomic E-state index is -0.351. The molecule has 0 aliphatic heterocycles. The molecule has 0 saturated heterocycles. The zero-order valence-corrected chi connectivity index (χ0v) is 30.0. The zero-order valence-electron chi connectivity index (χ0n) is 30.0. The Labute approximate surface area is 321 Å². The van der Waals surface area contributed by atoms with Crippen LogP contribution in [0.25, 0.3) is 78.4 Å². The summed E-state index contributed by atoms with van der Waals surface area (Å²) in [5.74, 6) is 0.710. The van der Waals surface area contributed by atoms with Gasteiger partial charge < -0.3 is 0 Å². The summed E-state index contributed by atoms with van der Waals surface area (Å²) < 4.78 is 0. The highest BCUT2D eigenvalue weighted by Gasteiger charge is 2.51. The molecule has 0 bridgehead atoms. The summed E-state index contributed by atoms with van der Waals surface area (Å²) in [4.78, 5) is 10.2. The summed E-state index contributed by atoms with van der Waals surface area (Å²) in [6.07, 6.45) is 0. The first kappa shape index (κ1) is 31.4. The van der Waals surface area contributed by atoms with Crippen molar-refractivity contribution in [1.82, 2.24) is 9.97 Å². The number of hydrogen-bond acceptors (Lipinski definition) is 2. The lowest BCUT2D eigenvalue weighted by atomic mass is 9.70. The van der Waals surface area contributed by atoms with Crippen molar-refractivity contribution in [3.63, 3.8) is 0 Å². The molecule has 1 spiro atoms. The number of nitrogens with zero attached hydrogens (tertiary/aromatic N) is 2. The van der Waals surface area contributed by atoms with E-state index in [2.05, 4.69) is 194 Å². The first-order valence-electron chi connectivity index (χ1n) is 18.9. The average molecular weight is 699 g/mol. The molecule has 1 aromatic heterocycles. The van der Waals surface area contributed by atoms with Crippen LogP contribution >= 0.6 is 0 Å². The molecule has 0 radical (unpaired) electrons. The van der Waals surface area contributed by atoms with Gasteiger partial charge in [-0.05, 0) is 85.0 Å².